The number of piperidine rings is 1. The Kier molecular flexibility index (Phi) is 7.43. The highest BCUT2D eigenvalue weighted by molar-refractivity contribution is 5.68. The van der Waals surface area contributed by atoms with Crippen molar-refractivity contribution < 1.29 is 19.0 Å². The number of hydrogen-bond donors (Lipinski definition) is 1. The molecule has 8 heteroatoms. The van der Waals surface area contributed by atoms with Gasteiger partial charge in [0.05, 0.1) is 19.9 Å². The molecule has 0 bridgehead atoms. The van der Waals surface area contributed by atoms with E-state index in [2.05, 4.69) is 21.6 Å². The lowest BCUT2D eigenvalue weighted by atomic mass is 9.93. The Labute approximate surface area is 190 Å². The lowest BCUT2D eigenvalue weighted by Crippen LogP contribution is -2.41. The van der Waals surface area contributed by atoms with Gasteiger partial charge in [-0.3, -0.25) is 0 Å². The molecule has 3 rings (SSSR count). The molecule has 0 spiro atoms. The quantitative estimate of drug-likeness (QED) is 0.703. The van der Waals surface area contributed by atoms with Crippen molar-refractivity contribution in [1.29, 1.82) is 0 Å². The van der Waals surface area contributed by atoms with Crippen molar-refractivity contribution in [3.63, 3.8) is 0 Å². The molecule has 1 N–H and O–H groups in total. The standard InChI is InChI=1S/C24H34N4O4/c1-16-13-20(17-9-11-28(12-10-17)23(29)32-24(2,3)4)26-27-22(16)25-15-18-7-8-19(30-5)14-21(18)31-6/h7-8,13-14,17H,9-12,15H2,1-6H3,(H,25,27). The SMILES string of the molecule is COc1ccc(CNc2nnc(C3CCN(C(=O)OC(C)(C)C)CC3)cc2C)c(OC)c1. The number of hydrogen-bond acceptors (Lipinski definition) is 7. The number of methoxy groups -OCH3 is 2. The minimum atomic E-state index is -0.477. The highest BCUT2D eigenvalue weighted by atomic mass is 16.6. The van der Waals surface area contributed by atoms with Crippen LogP contribution < -0.4 is 14.8 Å². The van der Waals surface area contributed by atoms with Crippen LogP contribution in [0, 0.1) is 6.92 Å². The molecule has 0 atom stereocenters. The number of aromatic nitrogens is 2. The summed E-state index contributed by atoms with van der Waals surface area (Å²) >= 11 is 0. The molecule has 1 amide bonds. The van der Waals surface area contributed by atoms with E-state index in [4.69, 9.17) is 14.2 Å². The van der Waals surface area contributed by atoms with E-state index in [1.165, 1.54) is 0 Å². The van der Waals surface area contributed by atoms with Crippen LogP contribution in [0.15, 0.2) is 24.3 Å². The first-order valence-corrected chi connectivity index (χ1v) is 11.0. The average molecular weight is 443 g/mol. The number of aryl methyl sites for hydroxylation is 1. The zero-order valence-corrected chi connectivity index (χ0v) is 19.9. The van der Waals surface area contributed by atoms with Gasteiger partial charge in [-0.2, -0.15) is 5.10 Å². The number of nitrogens with zero attached hydrogens (tertiary/aromatic N) is 3. The highest BCUT2D eigenvalue weighted by Crippen LogP contribution is 2.29. The fourth-order valence-electron chi connectivity index (χ4n) is 3.74. The summed E-state index contributed by atoms with van der Waals surface area (Å²) in [7, 11) is 3.28. The molecule has 0 radical (unpaired) electrons. The molecule has 0 saturated carbocycles. The number of amides is 1. The third-order valence-corrected chi connectivity index (χ3v) is 5.51. The summed E-state index contributed by atoms with van der Waals surface area (Å²) in [4.78, 5) is 14.1. The van der Waals surface area contributed by atoms with Gasteiger partial charge in [-0.15, -0.1) is 5.10 Å². The van der Waals surface area contributed by atoms with E-state index in [1.807, 2.05) is 45.9 Å². The van der Waals surface area contributed by atoms with Crippen molar-refractivity contribution >= 4 is 11.9 Å². The van der Waals surface area contributed by atoms with E-state index < -0.39 is 5.60 Å². The molecule has 1 saturated heterocycles. The second-order valence-corrected chi connectivity index (χ2v) is 9.07. The van der Waals surface area contributed by atoms with Gasteiger partial charge in [0.15, 0.2) is 5.82 Å². The molecule has 8 nitrogen and oxygen atoms in total. The van der Waals surface area contributed by atoms with E-state index in [9.17, 15) is 4.79 Å². The zero-order chi connectivity index (χ0) is 23.3. The Bertz CT molecular complexity index is 934. The number of benzene rings is 1. The van der Waals surface area contributed by atoms with E-state index in [-0.39, 0.29) is 12.0 Å². The van der Waals surface area contributed by atoms with Crippen LogP contribution in [0.4, 0.5) is 10.6 Å². The molecular formula is C24H34N4O4. The molecule has 1 aromatic heterocycles. The smallest absolute Gasteiger partial charge is 0.410 e. The normalized spacial score (nSPS) is 14.8. The van der Waals surface area contributed by atoms with Crippen LogP contribution in [-0.4, -0.2) is 54.1 Å². The Morgan fingerprint density at radius 1 is 1.12 bits per heavy atom. The Morgan fingerprint density at radius 2 is 1.84 bits per heavy atom. The lowest BCUT2D eigenvalue weighted by molar-refractivity contribution is 0.0204. The number of carbonyl (C=O) groups is 1. The maximum Gasteiger partial charge on any atom is 0.410 e. The first-order valence-electron chi connectivity index (χ1n) is 11.0. The zero-order valence-electron chi connectivity index (χ0n) is 19.9. The number of rotatable bonds is 6. The minimum absolute atomic E-state index is 0.244. The monoisotopic (exact) mass is 442 g/mol. The molecule has 174 valence electrons. The van der Waals surface area contributed by atoms with Crippen molar-refractivity contribution in [1.82, 2.24) is 15.1 Å². The molecule has 0 aliphatic carbocycles. The largest absolute Gasteiger partial charge is 0.497 e. The van der Waals surface area contributed by atoms with Gasteiger partial charge in [-0.05, 0) is 64.3 Å². The number of carbonyl (C=O) groups excluding carboxylic acids is 1. The molecule has 2 heterocycles. The number of ether oxygens (including phenoxy) is 3. The molecule has 2 aromatic rings. The Balaban J connectivity index is 1.59. The second-order valence-electron chi connectivity index (χ2n) is 9.07. The van der Waals surface area contributed by atoms with Gasteiger partial charge in [0.25, 0.3) is 0 Å². The van der Waals surface area contributed by atoms with Gasteiger partial charge in [0.2, 0.25) is 0 Å². The van der Waals surface area contributed by atoms with E-state index in [0.717, 1.165) is 47.0 Å². The van der Waals surface area contributed by atoms with Gasteiger partial charge in [0.1, 0.15) is 17.1 Å². The third-order valence-electron chi connectivity index (χ3n) is 5.51. The Morgan fingerprint density at radius 3 is 2.44 bits per heavy atom. The van der Waals surface area contributed by atoms with Crippen molar-refractivity contribution in [3.8, 4) is 11.5 Å². The van der Waals surface area contributed by atoms with Crippen LogP contribution in [-0.2, 0) is 11.3 Å². The number of nitrogens with one attached hydrogen (secondary N) is 1. The minimum Gasteiger partial charge on any atom is -0.497 e. The van der Waals surface area contributed by atoms with Crippen LogP contribution in [0.1, 0.15) is 56.4 Å². The van der Waals surface area contributed by atoms with Gasteiger partial charge in [0, 0.05) is 37.2 Å². The lowest BCUT2D eigenvalue weighted by Gasteiger charge is -2.33. The van der Waals surface area contributed by atoms with E-state index >= 15 is 0 Å². The van der Waals surface area contributed by atoms with Crippen LogP contribution in [0.2, 0.25) is 0 Å². The summed E-state index contributed by atoms with van der Waals surface area (Å²) in [5.74, 6) is 2.55. The number of anilines is 1. The molecule has 1 aliphatic heterocycles. The predicted molar refractivity (Wildman–Crippen MR) is 123 cm³/mol. The van der Waals surface area contributed by atoms with Gasteiger partial charge >= 0.3 is 6.09 Å². The van der Waals surface area contributed by atoms with Gasteiger partial charge < -0.3 is 24.4 Å². The molecule has 1 aromatic carbocycles. The predicted octanol–water partition coefficient (Wildman–Crippen LogP) is 4.53. The Hall–Kier alpha value is -3.03. The van der Waals surface area contributed by atoms with E-state index in [1.54, 1.807) is 19.1 Å². The highest BCUT2D eigenvalue weighted by Gasteiger charge is 2.28. The van der Waals surface area contributed by atoms with Crippen molar-refractivity contribution in [3.05, 3.63) is 41.1 Å². The summed E-state index contributed by atoms with van der Waals surface area (Å²) in [6.45, 7) is 9.58. The van der Waals surface area contributed by atoms with Crippen LogP contribution >= 0.6 is 0 Å². The number of likely N-dealkylation sites (tertiary alicyclic amines) is 1. The summed E-state index contributed by atoms with van der Waals surface area (Å²) in [5, 5.41) is 12.3. The van der Waals surface area contributed by atoms with Crippen molar-refractivity contribution in [2.75, 3.05) is 32.6 Å². The van der Waals surface area contributed by atoms with Crippen LogP contribution in [0.3, 0.4) is 0 Å². The maximum atomic E-state index is 12.3. The maximum absolute atomic E-state index is 12.3. The fraction of sp³-hybridized carbons (Fsp3) is 0.542. The summed E-state index contributed by atoms with van der Waals surface area (Å²) < 4.78 is 16.2. The third kappa shape index (κ3) is 6.02. The summed E-state index contributed by atoms with van der Waals surface area (Å²) in [6, 6.07) is 7.84. The topological polar surface area (TPSA) is 85.8 Å². The average Bonchev–Trinajstić information content (AvgIpc) is 2.77. The summed E-state index contributed by atoms with van der Waals surface area (Å²) in [6.07, 6.45) is 1.46. The molecule has 1 fully saturated rings. The first kappa shape index (κ1) is 23.6. The second kappa shape index (κ2) is 10.1. The summed E-state index contributed by atoms with van der Waals surface area (Å²) in [5.41, 5.74) is 2.54. The van der Waals surface area contributed by atoms with Gasteiger partial charge in [-0.1, -0.05) is 0 Å². The molecule has 0 unspecified atom stereocenters. The van der Waals surface area contributed by atoms with Crippen molar-refractivity contribution in [2.45, 2.75) is 58.6 Å². The van der Waals surface area contributed by atoms with Gasteiger partial charge in [-0.25, -0.2) is 4.79 Å². The van der Waals surface area contributed by atoms with E-state index in [0.29, 0.717) is 19.6 Å². The van der Waals surface area contributed by atoms with Crippen LogP contribution in [0.5, 0.6) is 11.5 Å². The van der Waals surface area contributed by atoms with Crippen LogP contribution in [0.25, 0.3) is 0 Å². The first-order chi connectivity index (χ1) is 15.2. The van der Waals surface area contributed by atoms with Crippen molar-refractivity contribution in [2.24, 2.45) is 0 Å². The molecular weight excluding hydrogens is 408 g/mol. The fourth-order valence-corrected chi connectivity index (χ4v) is 3.74. The molecule has 32 heavy (non-hydrogen) atoms. The molecule has 1 aliphatic rings.